The Morgan fingerprint density at radius 3 is 2.64 bits per heavy atom. The number of hydrogen-bond donors (Lipinski definition) is 1. The Kier molecular flexibility index (Phi) is 2.57. The van der Waals surface area contributed by atoms with Crippen LogP contribution < -0.4 is 0 Å². The van der Waals surface area contributed by atoms with E-state index in [1.54, 1.807) is 16.4 Å². The number of aryl methyl sites for hydroxylation is 2. The van der Waals surface area contributed by atoms with E-state index in [1.807, 2.05) is 20.2 Å². The van der Waals surface area contributed by atoms with Crippen LogP contribution in [0.3, 0.4) is 0 Å². The molecule has 0 amide bonds. The third kappa shape index (κ3) is 1.41. The van der Waals surface area contributed by atoms with E-state index in [2.05, 4.69) is 5.10 Å². The van der Waals surface area contributed by atoms with Crippen LogP contribution in [0.4, 0.5) is 0 Å². The van der Waals surface area contributed by atoms with Gasteiger partial charge < -0.3 is 5.11 Å². The lowest BCUT2D eigenvalue weighted by Gasteiger charge is -1.98. The van der Waals surface area contributed by atoms with Crippen molar-refractivity contribution in [2.24, 2.45) is 7.05 Å². The summed E-state index contributed by atoms with van der Waals surface area (Å²) in [6, 6.07) is 0. The smallest absolute Gasteiger partial charge is 0.0992 e. The van der Waals surface area contributed by atoms with Crippen LogP contribution in [-0.4, -0.2) is 21.1 Å². The van der Waals surface area contributed by atoms with Crippen LogP contribution in [0.5, 0.6) is 0 Å². The van der Waals surface area contributed by atoms with Gasteiger partial charge in [-0.2, -0.15) is 5.10 Å². The van der Waals surface area contributed by atoms with Gasteiger partial charge in [0.25, 0.3) is 0 Å². The lowest BCUT2D eigenvalue weighted by atomic mass is 10.3. The van der Waals surface area contributed by atoms with Gasteiger partial charge in [-0.15, -0.1) is 11.8 Å². The molecule has 0 aromatic carbocycles. The first-order valence-electron chi connectivity index (χ1n) is 3.38. The van der Waals surface area contributed by atoms with Crippen LogP contribution in [-0.2, 0) is 13.7 Å². The Labute approximate surface area is 70.4 Å². The molecule has 0 bridgehead atoms. The zero-order valence-corrected chi connectivity index (χ0v) is 7.77. The number of rotatable bonds is 2. The van der Waals surface area contributed by atoms with Crippen molar-refractivity contribution in [3.05, 3.63) is 11.3 Å². The molecule has 0 atom stereocenters. The number of aliphatic hydroxyl groups excluding tert-OH is 1. The predicted octanol–water partition coefficient (Wildman–Crippen LogP) is 0.943. The fraction of sp³-hybridized carbons (Fsp3) is 0.571. The van der Waals surface area contributed by atoms with Crippen LogP contribution in [0.1, 0.15) is 11.3 Å². The van der Waals surface area contributed by atoms with Crippen molar-refractivity contribution in [3.8, 4) is 0 Å². The molecule has 0 saturated heterocycles. The van der Waals surface area contributed by atoms with Gasteiger partial charge in [0, 0.05) is 12.6 Å². The molecule has 1 aromatic heterocycles. The van der Waals surface area contributed by atoms with E-state index in [4.69, 9.17) is 5.11 Å². The third-order valence-corrected chi connectivity index (χ3v) is 2.54. The second-order valence-electron chi connectivity index (χ2n) is 2.35. The van der Waals surface area contributed by atoms with E-state index in [-0.39, 0.29) is 6.61 Å². The molecule has 1 heterocycles. The van der Waals surface area contributed by atoms with E-state index >= 15 is 0 Å². The SMILES string of the molecule is CSc1c(CO)c(C)nn1C. The van der Waals surface area contributed by atoms with Crippen LogP contribution in [0, 0.1) is 6.92 Å². The normalized spacial score (nSPS) is 10.5. The first-order chi connectivity index (χ1) is 5.20. The monoisotopic (exact) mass is 172 g/mol. The molecular formula is C7H12N2OS. The van der Waals surface area contributed by atoms with Gasteiger partial charge in [-0.05, 0) is 13.2 Å². The molecule has 0 unspecified atom stereocenters. The summed E-state index contributed by atoms with van der Waals surface area (Å²) in [6.07, 6.45) is 1.98. The average molecular weight is 172 g/mol. The number of hydrogen-bond acceptors (Lipinski definition) is 3. The molecule has 3 nitrogen and oxygen atoms in total. The predicted molar refractivity (Wildman–Crippen MR) is 45.6 cm³/mol. The molecule has 0 radical (unpaired) electrons. The maximum atomic E-state index is 8.98. The first-order valence-corrected chi connectivity index (χ1v) is 4.60. The van der Waals surface area contributed by atoms with Gasteiger partial charge in [0.1, 0.15) is 0 Å². The Bertz CT molecular complexity index is 233. The summed E-state index contributed by atoms with van der Waals surface area (Å²) >= 11 is 1.61. The zero-order chi connectivity index (χ0) is 8.43. The number of aliphatic hydroxyl groups is 1. The maximum Gasteiger partial charge on any atom is 0.0992 e. The molecular weight excluding hydrogens is 160 g/mol. The van der Waals surface area contributed by atoms with Gasteiger partial charge in [-0.3, -0.25) is 4.68 Å². The Hall–Kier alpha value is -0.480. The van der Waals surface area contributed by atoms with E-state index in [0.29, 0.717) is 0 Å². The van der Waals surface area contributed by atoms with E-state index in [1.165, 1.54) is 0 Å². The molecule has 11 heavy (non-hydrogen) atoms. The van der Waals surface area contributed by atoms with Gasteiger partial charge in [0.2, 0.25) is 0 Å². The van der Waals surface area contributed by atoms with Crippen molar-refractivity contribution in [2.45, 2.75) is 18.6 Å². The van der Waals surface area contributed by atoms with Gasteiger partial charge in [-0.25, -0.2) is 0 Å². The van der Waals surface area contributed by atoms with E-state index < -0.39 is 0 Å². The molecule has 1 aromatic rings. The molecule has 0 spiro atoms. The fourth-order valence-corrected chi connectivity index (χ4v) is 1.88. The van der Waals surface area contributed by atoms with Crippen molar-refractivity contribution in [2.75, 3.05) is 6.26 Å². The average Bonchev–Trinajstić information content (AvgIpc) is 2.24. The largest absolute Gasteiger partial charge is 0.392 e. The first kappa shape index (κ1) is 8.62. The molecule has 0 aliphatic carbocycles. The quantitative estimate of drug-likeness (QED) is 0.675. The van der Waals surface area contributed by atoms with Crippen LogP contribution in [0.2, 0.25) is 0 Å². The van der Waals surface area contributed by atoms with Gasteiger partial charge >= 0.3 is 0 Å². The molecule has 62 valence electrons. The summed E-state index contributed by atoms with van der Waals surface area (Å²) in [5.41, 5.74) is 1.86. The molecule has 0 fully saturated rings. The fourth-order valence-electron chi connectivity index (χ4n) is 1.12. The molecule has 0 aliphatic heterocycles. The topological polar surface area (TPSA) is 38.1 Å². The van der Waals surface area contributed by atoms with Gasteiger partial charge in [-0.1, -0.05) is 0 Å². The highest BCUT2D eigenvalue weighted by atomic mass is 32.2. The zero-order valence-electron chi connectivity index (χ0n) is 6.96. The van der Waals surface area contributed by atoms with E-state index in [9.17, 15) is 0 Å². The Morgan fingerprint density at radius 1 is 1.64 bits per heavy atom. The second-order valence-corrected chi connectivity index (χ2v) is 3.15. The van der Waals surface area contributed by atoms with Crippen molar-refractivity contribution in [3.63, 3.8) is 0 Å². The maximum absolute atomic E-state index is 8.98. The Balaban J connectivity index is 3.17. The van der Waals surface area contributed by atoms with Crippen LogP contribution in [0.15, 0.2) is 5.03 Å². The number of thioether (sulfide) groups is 1. The standard InChI is InChI=1S/C7H12N2OS/c1-5-6(4-10)7(11-3)9(2)8-5/h10H,4H2,1-3H3. The molecule has 1 N–H and O–H groups in total. The lowest BCUT2D eigenvalue weighted by molar-refractivity contribution is 0.277. The molecule has 0 saturated carbocycles. The second kappa shape index (κ2) is 3.28. The summed E-state index contributed by atoms with van der Waals surface area (Å²) in [4.78, 5) is 0. The lowest BCUT2D eigenvalue weighted by Crippen LogP contribution is -1.92. The highest BCUT2D eigenvalue weighted by molar-refractivity contribution is 7.98. The summed E-state index contributed by atoms with van der Waals surface area (Å²) in [6.45, 7) is 1.99. The summed E-state index contributed by atoms with van der Waals surface area (Å²) < 4.78 is 1.80. The van der Waals surface area contributed by atoms with E-state index in [0.717, 1.165) is 16.3 Å². The summed E-state index contributed by atoms with van der Waals surface area (Å²) in [5.74, 6) is 0. The van der Waals surface area contributed by atoms with Crippen molar-refractivity contribution >= 4 is 11.8 Å². The number of nitrogens with zero attached hydrogens (tertiary/aromatic N) is 2. The van der Waals surface area contributed by atoms with Gasteiger partial charge in [0.05, 0.1) is 17.3 Å². The van der Waals surface area contributed by atoms with Crippen LogP contribution in [0.25, 0.3) is 0 Å². The minimum atomic E-state index is 0.0792. The highest BCUT2D eigenvalue weighted by Gasteiger charge is 2.09. The summed E-state index contributed by atoms with van der Waals surface area (Å²) in [7, 11) is 1.89. The third-order valence-electron chi connectivity index (χ3n) is 1.64. The molecule has 4 heteroatoms. The number of aromatic nitrogens is 2. The van der Waals surface area contributed by atoms with Gasteiger partial charge in [0.15, 0.2) is 0 Å². The minimum absolute atomic E-state index is 0.0792. The summed E-state index contributed by atoms with van der Waals surface area (Å²) in [5, 5.41) is 14.2. The van der Waals surface area contributed by atoms with Crippen molar-refractivity contribution in [1.29, 1.82) is 0 Å². The van der Waals surface area contributed by atoms with Crippen molar-refractivity contribution < 1.29 is 5.11 Å². The van der Waals surface area contributed by atoms with Crippen molar-refractivity contribution in [1.82, 2.24) is 9.78 Å². The minimum Gasteiger partial charge on any atom is -0.392 e. The Morgan fingerprint density at radius 2 is 2.27 bits per heavy atom. The molecule has 1 rings (SSSR count). The molecule has 0 aliphatic rings. The van der Waals surface area contributed by atoms with Crippen LogP contribution >= 0.6 is 11.8 Å². The highest BCUT2D eigenvalue weighted by Crippen LogP contribution is 2.21.